The van der Waals surface area contributed by atoms with E-state index in [1.54, 1.807) is 65.0 Å². The number of aryl methyl sites for hydroxylation is 1. The molecule has 0 radical (unpaired) electrons. The summed E-state index contributed by atoms with van der Waals surface area (Å²) in [4.78, 5) is 112. The van der Waals surface area contributed by atoms with Crippen molar-refractivity contribution in [3.05, 3.63) is 98.6 Å². The molecular formula is C54H61N10O11PS. The number of anilines is 5. The maximum absolute atomic E-state index is 14.1. The Hall–Kier alpha value is -6.65. The van der Waals surface area contributed by atoms with Gasteiger partial charge in [-0.3, -0.25) is 48.1 Å². The second-order valence-corrected chi connectivity index (χ2v) is 22.9. The van der Waals surface area contributed by atoms with Crippen LogP contribution < -0.4 is 24.8 Å². The number of aliphatic hydroxyl groups is 1. The number of fused-ring (bicyclic) bond motifs is 4. The number of aromatic nitrogens is 3. The number of hydrogen-bond acceptors (Lipinski definition) is 17. The molecule has 1 aliphatic carbocycles. The number of phosphoric ester groups is 1. The molecule has 0 saturated carbocycles. The lowest BCUT2D eigenvalue weighted by atomic mass is 9.92. The first-order chi connectivity index (χ1) is 38.2. The number of nitrogens with one attached hydrogen (secondary N) is 1. The quantitative estimate of drug-likeness (QED) is 0.0772. The molecule has 77 heavy (non-hydrogen) atoms. The van der Waals surface area contributed by atoms with Crippen LogP contribution in [0.5, 0.6) is 5.88 Å². The monoisotopic (exact) mass is 1090 g/mol. The second kappa shape index (κ2) is 21.0. The number of methoxy groups -OCH3 is 1. The number of carbonyl (C=O) groups excluding carboxylic acids is 5. The number of carbonyl (C=O) groups is 5. The number of likely N-dealkylation sites (tertiary alicyclic amines) is 1. The fourth-order valence-corrected chi connectivity index (χ4v) is 14.2. The average molecular weight is 1090 g/mol. The van der Waals surface area contributed by atoms with Gasteiger partial charge in [-0.1, -0.05) is 0 Å². The van der Waals surface area contributed by atoms with Gasteiger partial charge in [0, 0.05) is 91.4 Å². The number of aliphatic hydroxyl groups excluding tert-OH is 1. The number of hydrogen-bond donors (Lipinski definition) is 4. The number of phosphoric acid groups is 1. The van der Waals surface area contributed by atoms with Crippen molar-refractivity contribution in [3.63, 3.8) is 0 Å². The fraction of sp³-hybridized carbons (Fsp3) is 0.444. The van der Waals surface area contributed by atoms with Gasteiger partial charge in [0.15, 0.2) is 0 Å². The van der Waals surface area contributed by atoms with Crippen molar-refractivity contribution in [1.29, 1.82) is 0 Å². The van der Waals surface area contributed by atoms with Crippen molar-refractivity contribution >= 4 is 77.4 Å². The maximum atomic E-state index is 14.1. The Balaban J connectivity index is 0.730. The van der Waals surface area contributed by atoms with Crippen LogP contribution >= 0.6 is 19.2 Å². The minimum absolute atomic E-state index is 0.0638. The number of pyridine rings is 3. The van der Waals surface area contributed by atoms with Gasteiger partial charge in [-0.2, -0.15) is 0 Å². The SMILES string of the molecule is [2H]C([2H])([2H])Oc1ncc(-c2ccnc(N3CCc4c(sc5c4CCCC5)C3=O)c2CO)cc1Nc1ccc(N2CCN(C3CCN(c4ccc5c(c4)C(=O)N([C@H]4CCC(=O)N(C(C)OP(=O)(O)O)C4=O)C5=O)[C@H](C)C3)C[C@@H]2C)cn1. The second-order valence-electron chi connectivity index (χ2n) is 20.6. The Bertz CT molecular complexity index is 3360. The molecule has 0 bridgehead atoms. The van der Waals surface area contributed by atoms with Crippen LogP contribution in [0.25, 0.3) is 11.1 Å². The number of piperazine rings is 1. The predicted octanol–water partition coefficient (Wildman–Crippen LogP) is 6.06. The zero-order valence-corrected chi connectivity index (χ0v) is 44.5. The van der Waals surface area contributed by atoms with Crippen LogP contribution in [0.15, 0.2) is 61.1 Å². The summed E-state index contributed by atoms with van der Waals surface area (Å²) in [6, 6.07) is 11.3. The van der Waals surface area contributed by atoms with E-state index in [4.69, 9.17) is 13.8 Å². The zero-order valence-electron chi connectivity index (χ0n) is 45.8. The molecule has 1 aromatic carbocycles. The highest BCUT2D eigenvalue weighted by molar-refractivity contribution is 7.46. The normalized spacial score (nSPS) is 23.3. The molecule has 5 aromatic rings. The van der Waals surface area contributed by atoms with E-state index >= 15 is 0 Å². The lowest BCUT2D eigenvalue weighted by Crippen LogP contribution is -2.58. The molecule has 11 rings (SSSR count). The Morgan fingerprint density at radius 3 is 2.38 bits per heavy atom. The highest BCUT2D eigenvalue weighted by atomic mass is 32.1. The number of rotatable bonds is 13. The highest BCUT2D eigenvalue weighted by Crippen LogP contribution is 2.43. The Morgan fingerprint density at radius 1 is 0.831 bits per heavy atom. The summed E-state index contributed by atoms with van der Waals surface area (Å²) in [6.07, 6.45) is 9.42. The van der Waals surface area contributed by atoms with Crippen molar-refractivity contribution in [1.82, 2.24) is 29.7 Å². The standard InChI is InChI=1S/C54H61N10O11PS/c1-30-23-34(16-19-60(30)35-9-11-40-41(25-35)52(68)64(51(40)67)44-12-14-47(66)63(53(44)69)32(3)75-76(71,72)73)59-21-22-61(31(2)28-59)36-10-13-46(56-27-36)58-43-24-33(26-57-50(43)74-4)37-15-18-55-49(42(37)29-65)62-20-17-39-38-7-5-6-8-45(38)77-48(39)54(62)70/h9-11,13,15,18,24-27,30-32,34,44,65H,5-8,12,14,16-17,19-23,28-29H2,1-4H3,(H,56,58)(H2,71,72,73)/t30-,31+,32?,34?,44+/m1/s1/i4D3. The first-order valence-electron chi connectivity index (χ1n) is 27.5. The van der Waals surface area contributed by atoms with Crippen molar-refractivity contribution in [3.8, 4) is 17.0 Å². The number of ether oxygens (including phenoxy) is 1. The van der Waals surface area contributed by atoms with Gasteiger partial charge in [0.1, 0.15) is 29.6 Å². The van der Waals surface area contributed by atoms with Gasteiger partial charge in [0.2, 0.25) is 11.8 Å². The minimum Gasteiger partial charge on any atom is -0.480 e. The molecule has 5 atom stereocenters. The summed E-state index contributed by atoms with van der Waals surface area (Å²) in [5.74, 6) is -2.60. The third-order valence-electron chi connectivity index (χ3n) is 16.0. The van der Waals surface area contributed by atoms with Crippen molar-refractivity contribution in [2.24, 2.45) is 0 Å². The fourth-order valence-electron chi connectivity index (χ4n) is 12.3. The van der Waals surface area contributed by atoms with Crippen LogP contribution in [0.3, 0.4) is 0 Å². The molecule has 6 aliphatic rings. The van der Waals surface area contributed by atoms with Gasteiger partial charge in [-0.15, -0.1) is 11.3 Å². The molecule has 404 valence electrons. The molecular weight excluding hydrogens is 1030 g/mol. The zero-order chi connectivity index (χ0) is 56.5. The number of thiophene rings is 1. The number of amides is 5. The molecule has 9 heterocycles. The van der Waals surface area contributed by atoms with Gasteiger partial charge in [-0.25, -0.2) is 19.5 Å². The van der Waals surface area contributed by atoms with E-state index in [-0.39, 0.29) is 59.6 Å². The van der Waals surface area contributed by atoms with Crippen molar-refractivity contribution in [2.75, 3.05) is 59.8 Å². The smallest absolute Gasteiger partial charge is 0.471 e. The molecule has 3 saturated heterocycles. The van der Waals surface area contributed by atoms with Crippen LogP contribution in [-0.2, 0) is 44.5 Å². The molecule has 0 spiro atoms. The third kappa shape index (κ3) is 9.78. The first-order valence-corrected chi connectivity index (χ1v) is 28.4. The van der Waals surface area contributed by atoms with Crippen LogP contribution in [-0.4, -0.2) is 144 Å². The van der Waals surface area contributed by atoms with Crippen molar-refractivity contribution in [2.45, 2.75) is 116 Å². The highest BCUT2D eigenvalue weighted by Gasteiger charge is 2.49. The first kappa shape index (κ1) is 48.7. The van der Waals surface area contributed by atoms with E-state index in [2.05, 4.69) is 48.4 Å². The molecule has 5 aliphatic heterocycles. The predicted molar refractivity (Wildman–Crippen MR) is 286 cm³/mol. The molecule has 2 unspecified atom stereocenters. The lowest BCUT2D eigenvalue weighted by molar-refractivity contribution is -0.161. The van der Waals surface area contributed by atoms with Gasteiger partial charge in [0.25, 0.3) is 23.6 Å². The third-order valence-corrected chi connectivity index (χ3v) is 17.9. The van der Waals surface area contributed by atoms with E-state index in [1.807, 2.05) is 6.07 Å². The minimum atomic E-state index is -5.08. The topological polar surface area (TPSA) is 252 Å². The van der Waals surface area contributed by atoms with E-state index < -0.39 is 57.4 Å². The van der Waals surface area contributed by atoms with E-state index in [0.717, 1.165) is 91.8 Å². The van der Waals surface area contributed by atoms with Crippen LogP contribution in [0.1, 0.15) is 115 Å². The van der Waals surface area contributed by atoms with Crippen molar-refractivity contribution < 1.29 is 56.8 Å². The molecule has 3 fully saturated rings. The Kier molecular flexibility index (Phi) is 13.3. The number of benzene rings is 1. The van der Waals surface area contributed by atoms with Crippen LogP contribution in [0, 0.1) is 0 Å². The summed E-state index contributed by atoms with van der Waals surface area (Å²) in [7, 11) is -7.89. The van der Waals surface area contributed by atoms with Gasteiger partial charge in [0.05, 0.1) is 45.6 Å². The number of imide groups is 2. The summed E-state index contributed by atoms with van der Waals surface area (Å²) in [6.45, 7) is 8.44. The van der Waals surface area contributed by atoms with Gasteiger partial charge >= 0.3 is 7.82 Å². The molecule has 5 amide bonds. The Labute approximate surface area is 453 Å². The maximum Gasteiger partial charge on any atom is 0.471 e. The summed E-state index contributed by atoms with van der Waals surface area (Å²) >= 11 is 1.58. The van der Waals surface area contributed by atoms with E-state index in [1.165, 1.54) is 16.6 Å². The summed E-state index contributed by atoms with van der Waals surface area (Å²) in [5.41, 5.74) is 6.15. The molecule has 21 nitrogen and oxygen atoms in total. The average Bonchev–Trinajstić information content (AvgIpc) is 3.92. The number of piperidine rings is 2. The Morgan fingerprint density at radius 2 is 1.62 bits per heavy atom. The molecule has 23 heteroatoms. The summed E-state index contributed by atoms with van der Waals surface area (Å²) in [5, 5.41) is 14.1. The van der Waals surface area contributed by atoms with Gasteiger partial charge in [-0.05, 0) is 131 Å². The summed E-state index contributed by atoms with van der Waals surface area (Å²) < 4.78 is 45.1. The largest absolute Gasteiger partial charge is 0.480 e. The van der Waals surface area contributed by atoms with Gasteiger partial charge < -0.3 is 34.7 Å². The van der Waals surface area contributed by atoms with Crippen LogP contribution in [0.2, 0.25) is 0 Å². The molecule has 4 aromatic heterocycles. The lowest BCUT2D eigenvalue weighted by Gasteiger charge is -2.48. The van der Waals surface area contributed by atoms with E-state index in [9.17, 15) is 43.4 Å². The molecule has 4 N–H and O–H groups in total. The van der Waals surface area contributed by atoms with E-state index in [0.29, 0.717) is 52.7 Å². The van der Waals surface area contributed by atoms with Crippen LogP contribution in [0.4, 0.5) is 28.7 Å². The number of nitrogens with zero attached hydrogens (tertiary/aromatic N) is 9.